The normalized spacial score (nSPS) is 21.9. The van der Waals surface area contributed by atoms with E-state index in [9.17, 15) is 0 Å². The molecule has 2 nitrogen and oxygen atoms in total. The molecule has 1 saturated heterocycles. The fourth-order valence-electron chi connectivity index (χ4n) is 3.38. The van der Waals surface area contributed by atoms with Crippen LogP contribution in [0.15, 0.2) is 67.5 Å². The van der Waals surface area contributed by atoms with Crippen molar-refractivity contribution in [1.29, 1.82) is 0 Å². The van der Waals surface area contributed by atoms with Gasteiger partial charge in [-0.3, -0.25) is 0 Å². The second-order valence-corrected chi connectivity index (χ2v) is 6.97. The van der Waals surface area contributed by atoms with E-state index in [1.165, 1.54) is 16.3 Å². The first-order valence-corrected chi connectivity index (χ1v) is 8.69. The molecule has 0 radical (unpaired) electrons. The highest BCUT2D eigenvalue weighted by molar-refractivity contribution is 5.83. The maximum atomic E-state index is 6.26. The lowest BCUT2D eigenvalue weighted by molar-refractivity contribution is -0.183. The average molecular weight is 322 g/mol. The lowest BCUT2D eigenvalue weighted by Gasteiger charge is -2.40. The molecule has 1 heterocycles. The zero-order valence-corrected chi connectivity index (χ0v) is 14.6. The first-order valence-electron chi connectivity index (χ1n) is 8.69. The van der Waals surface area contributed by atoms with Gasteiger partial charge in [0.15, 0.2) is 6.29 Å². The average Bonchev–Trinajstić information content (AvgIpc) is 2.62. The van der Waals surface area contributed by atoms with Gasteiger partial charge in [-0.2, -0.15) is 0 Å². The summed E-state index contributed by atoms with van der Waals surface area (Å²) < 4.78 is 11.9. The van der Waals surface area contributed by atoms with Gasteiger partial charge in [0, 0.05) is 11.8 Å². The minimum absolute atomic E-state index is 0.0613. The number of fused-ring (bicyclic) bond motifs is 1. The molecule has 0 amide bonds. The molecular formula is C22H26O2. The number of ether oxygens (including phenoxy) is 2. The zero-order valence-electron chi connectivity index (χ0n) is 14.6. The molecule has 2 heteroatoms. The van der Waals surface area contributed by atoms with Gasteiger partial charge in [-0.25, -0.2) is 0 Å². The van der Waals surface area contributed by atoms with Crippen molar-refractivity contribution in [3.8, 4) is 0 Å². The Hall–Kier alpha value is -2.06. The van der Waals surface area contributed by atoms with Gasteiger partial charge in [-0.15, -0.1) is 0 Å². The van der Waals surface area contributed by atoms with Crippen molar-refractivity contribution >= 4 is 10.8 Å². The molecule has 0 spiro atoms. The topological polar surface area (TPSA) is 18.5 Å². The largest absolute Gasteiger partial charge is 0.473 e. The zero-order chi connectivity index (χ0) is 17.0. The minimum Gasteiger partial charge on any atom is -0.473 e. The number of benzene rings is 2. The van der Waals surface area contributed by atoms with Gasteiger partial charge in [0.1, 0.15) is 0 Å². The molecule has 2 aromatic carbocycles. The second kappa shape index (κ2) is 7.23. The van der Waals surface area contributed by atoms with Crippen molar-refractivity contribution in [2.75, 3.05) is 0 Å². The summed E-state index contributed by atoms with van der Waals surface area (Å²) in [5.41, 5.74) is 1.25. The fourth-order valence-corrected chi connectivity index (χ4v) is 3.38. The van der Waals surface area contributed by atoms with Crippen LogP contribution in [-0.4, -0.2) is 12.4 Å². The maximum Gasteiger partial charge on any atom is 0.199 e. The smallest absolute Gasteiger partial charge is 0.199 e. The van der Waals surface area contributed by atoms with Gasteiger partial charge in [0.2, 0.25) is 0 Å². The molecule has 126 valence electrons. The Bertz CT molecular complexity index is 730. The fraction of sp³-hybridized carbons (Fsp3) is 0.364. The van der Waals surface area contributed by atoms with Crippen molar-refractivity contribution in [2.45, 2.75) is 50.9 Å². The Kier molecular flexibility index (Phi) is 5.06. The van der Waals surface area contributed by atoms with Crippen LogP contribution in [-0.2, 0) is 14.9 Å². The van der Waals surface area contributed by atoms with Crippen LogP contribution in [0.5, 0.6) is 0 Å². The van der Waals surface area contributed by atoms with E-state index in [1.807, 2.05) is 0 Å². The van der Waals surface area contributed by atoms with Crippen molar-refractivity contribution < 1.29 is 9.47 Å². The summed E-state index contributed by atoms with van der Waals surface area (Å²) in [7, 11) is 0. The van der Waals surface area contributed by atoms with Gasteiger partial charge in [0.05, 0.1) is 12.4 Å². The van der Waals surface area contributed by atoms with Crippen LogP contribution in [0.3, 0.4) is 0 Å². The summed E-state index contributed by atoms with van der Waals surface area (Å²) in [4.78, 5) is 0. The van der Waals surface area contributed by atoms with Crippen LogP contribution >= 0.6 is 0 Å². The number of hydrogen-bond acceptors (Lipinski definition) is 2. The Labute approximate surface area is 144 Å². The lowest BCUT2D eigenvalue weighted by atomic mass is 9.76. The first-order chi connectivity index (χ1) is 11.6. The second-order valence-electron chi connectivity index (χ2n) is 6.97. The molecule has 0 N–H and O–H groups in total. The molecular weight excluding hydrogens is 296 g/mol. The predicted molar refractivity (Wildman–Crippen MR) is 99.9 cm³/mol. The van der Waals surface area contributed by atoms with Crippen molar-refractivity contribution in [2.24, 2.45) is 0 Å². The van der Waals surface area contributed by atoms with Gasteiger partial charge in [-0.1, -0.05) is 69.0 Å². The van der Waals surface area contributed by atoms with Crippen LogP contribution in [0.4, 0.5) is 0 Å². The Morgan fingerprint density at radius 2 is 1.92 bits per heavy atom. The molecule has 0 saturated carbocycles. The third kappa shape index (κ3) is 3.54. The summed E-state index contributed by atoms with van der Waals surface area (Å²) in [6.07, 6.45) is 8.27. The van der Waals surface area contributed by atoms with Gasteiger partial charge in [-0.05, 0) is 35.3 Å². The number of hydrogen-bond donors (Lipinski definition) is 0. The molecule has 0 aliphatic carbocycles. The summed E-state index contributed by atoms with van der Waals surface area (Å²) in [6.45, 7) is 8.19. The molecule has 0 aromatic heterocycles. The van der Waals surface area contributed by atoms with E-state index < -0.39 is 0 Å². The Morgan fingerprint density at radius 3 is 2.71 bits per heavy atom. The van der Waals surface area contributed by atoms with Gasteiger partial charge >= 0.3 is 0 Å². The maximum absolute atomic E-state index is 6.26. The van der Waals surface area contributed by atoms with Crippen molar-refractivity contribution in [1.82, 2.24) is 0 Å². The Morgan fingerprint density at radius 1 is 1.12 bits per heavy atom. The van der Waals surface area contributed by atoms with Crippen molar-refractivity contribution in [3.05, 3.63) is 73.0 Å². The monoisotopic (exact) mass is 322 g/mol. The molecule has 2 aromatic rings. The molecule has 1 fully saturated rings. The molecule has 0 bridgehead atoms. The highest BCUT2D eigenvalue weighted by Gasteiger charge is 2.36. The highest BCUT2D eigenvalue weighted by atomic mass is 16.7. The van der Waals surface area contributed by atoms with Crippen LogP contribution in [0.2, 0.25) is 0 Å². The van der Waals surface area contributed by atoms with Gasteiger partial charge < -0.3 is 9.47 Å². The quantitative estimate of drug-likeness (QED) is 0.517. The first kappa shape index (κ1) is 16.8. The van der Waals surface area contributed by atoms with E-state index >= 15 is 0 Å². The van der Waals surface area contributed by atoms with E-state index in [-0.39, 0.29) is 17.8 Å². The van der Waals surface area contributed by atoms with E-state index in [1.54, 1.807) is 18.4 Å². The SMILES string of the molecule is C=C/C=C/O[C@@H]1CCC[C@H](C(C)(C)c2ccc3ccccc3c2)O1. The third-order valence-electron chi connectivity index (χ3n) is 4.97. The minimum atomic E-state index is -0.167. The van der Waals surface area contributed by atoms with Crippen LogP contribution < -0.4 is 0 Å². The van der Waals surface area contributed by atoms with Crippen LogP contribution in [0, 0.1) is 0 Å². The van der Waals surface area contributed by atoms with Gasteiger partial charge in [0.25, 0.3) is 0 Å². The number of allylic oxidation sites excluding steroid dienone is 2. The lowest BCUT2D eigenvalue weighted by Crippen LogP contribution is -2.41. The van der Waals surface area contributed by atoms with Crippen molar-refractivity contribution in [3.63, 3.8) is 0 Å². The molecule has 1 aliphatic heterocycles. The number of rotatable bonds is 5. The molecule has 24 heavy (non-hydrogen) atoms. The van der Waals surface area contributed by atoms with E-state index in [0.717, 1.165) is 19.3 Å². The van der Waals surface area contributed by atoms with Crippen LogP contribution in [0.25, 0.3) is 10.8 Å². The Balaban J connectivity index is 1.79. The summed E-state index contributed by atoms with van der Waals surface area (Å²) in [5.74, 6) is 0. The summed E-state index contributed by atoms with van der Waals surface area (Å²) in [6, 6.07) is 15.2. The van der Waals surface area contributed by atoms with E-state index in [4.69, 9.17) is 9.47 Å². The summed E-state index contributed by atoms with van der Waals surface area (Å²) in [5, 5.41) is 2.55. The molecule has 2 atom stereocenters. The van der Waals surface area contributed by atoms with E-state index in [2.05, 4.69) is 62.9 Å². The molecule has 1 aliphatic rings. The molecule has 0 unspecified atom stereocenters. The highest BCUT2D eigenvalue weighted by Crippen LogP contribution is 2.37. The standard InChI is InChI=1S/C22H26O2/c1-4-5-15-23-21-12-8-11-20(24-21)22(2,3)19-14-13-17-9-6-7-10-18(17)16-19/h4-7,9-10,13-16,20-21H,1,8,11-12H2,2-3H3/b15-5+/t20-,21+/m1/s1. The molecule has 3 rings (SSSR count). The van der Waals surface area contributed by atoms with Crippen LogP contribution in [0.1, 0.15) is 38.7 Å². The summed E-state index contributed by atoms with van der Waals surface area (Å²) >= 11 is 0. The third-order valence-corrected chi connectivity index (χ3v) is 4.97. The predicted octanol–water partition coefficient (Wildman–Crippen LogP) is 5.73. The van der Waals surface area contributed by atoms with E-state index in [0.29, 0.717) is 0 Å².